The lowest BCUT2D eigenvalue weighted by Crippen LogP contribution is -1.98. The number of nitrogens with zero attached hydrogens (tertiary/aromatic N) is 2. The molecule has 0 saturated heterocycles. The van der Waals surface area contributed by atoms with Crippen molar-refractivity contribution in [3.63, 3.8) is 0 Å². The molecule has 0 radical (unpaired) electrons. The van der Waals surface area contributed by atoms with Crippen molar-refractivity contribution in [3.8, 4) is 11.8 Å². The van der Waals surface area contributed by atoms with Crippen molar-refractivity contribution in [3.05, 3.63) is 40.4 Å². The molecule has 1 aliphatic heterocycles. The van der Waals surface area contributed by atoms with Gasteiger partial charge in [-0.25, -0.2) is 4.98 Å². The van der Waals surface area contributed by atoms with E-state index in [1.165, 1.54) is 22.5 Å². The van der Waals surface area contributed by atoms with E-state index in [2.05, 4.69) is 28.5 Å². The predicted octanol–water partition coefficient (Wildman–Crippen LogP) is 2.56. The SMILES string of the molecule is N#Cc1cnc(NCc2ccc3c(c2)CCO3)s1. The van der Waals surface area contributed by atoms with Crippen LogP contribution in [0.15, 0.2) is 24.4 Å². The maximum absolute atomic E-state index is 8.72. The monoisotopic (exact) mass is 257 g/mol. The smallest absolute Gasteiger partial charge is 0.184 e. The van der Waals surface area contributed by atoms with E-state index < -0.39 is 0 Å². The fourth-order valence-corrected chi connectivity index (χ4v) is 2.54. The predicted molar refractivity (Wildman–Crippen MR) is 69.8 cm³/mol. The van der Waals surface area contributed by atoms with Gasteiger partial charge in [0.2, 0.25) is 0 Å². The molecule has 1 aromatic carbocycles. The van der Waals surface area contributed by atoms with Gasteiger partial charge in [-0.3, -0.25) is 0 Å². The highest BCUT2D eigenvalue weighted by Crippen LogP contribution is 2.26. The third-order valence-electron chi connectivity index (χ3n) is 2.81. The number of benzene rings is 1. The van der Waals surface area contributed by atoms with Crippen molar-refractivity contribution in [2.75, 3.05) is 11.9 Å². The van der Waals surface area contributed by atoms with Crippen molar-refractivity contribution in [2.24, 2.45) is 0 Å². The molecule has 3 rings (SSSR count). The van der Waals surface area contributed by atoms with Crippen LogP contribution in [0.2, 0.25) is 0 Å². The van der Waals surface area contributed by atoms with E-state index in [1.807, 2.05) is 6.07 Å². The van der Waals surface area contributed by atoms with Crippen LogP contribution in [-0.4, -0.2) is 11.6 Å². The van der Waals surface area contributed by atoms with Gasteiger partial charge in [0.15, 0.2) is 5.13 Å². The lowest BCUT2D eigenvalue weighted by molar-refractivity contribution is 0.357. The Morgan fingerprint density at radius 3 is 3.28 bits per heavy atom. The quantitative estimate of drug-likeness (QED) is 0.918. The highest BCUT2D eigenvalue weighted by atomic mass is 32.1. The molecule has 1 aliphatic rings. The van der Waals surface area contributed by atoms with E-state index in [-0.39, 0.29) is 0 Å². The topological polar surface area (TPSA) is 57.9 Å². The zero-order valence-corrected chi connectivity index (χ0v) is 10.5. The summed E-state index contributed by atoms with van der Waals surface area (Å²) < 4.78 is 5.47. The van der Waals surface area contributed by atoms with Crippen molar-refractivity contribution in [2.45, 2.75) is 13.0 Å². The first kappa shape index (κ1) is 11.1. The maximum atomic E-state index is 8.72. The molecule has 90 valence electrons. The van der Waals surface area contributed by atoms with Gasteiger partial charge >= 0.3 is 0 Å². The Hall–Kier alpha value is -2.06. The van der Waals surface area contributed by atoms with E-state index in [4.69, 9.17) is 10.00 Å². The molecule has 0 amide bonds. The summed E-state index contributed by atoms with van der Waals surface area (Å²) in [5, 5.41) is 12.7. The van der Waals surface area contributed by atoms with E-state index in [9.17, 15) is 0 Å². The third kappa shape index (κ3) is 2.15. The Kier molecular flexibility index (Phi) is 2.87. The Balaban J connectivity index is 1.68. The van der Waals surface area contributed by atoms with Crippen molar-refractivity contribution < 1.29 is 4.74 Å². The highest BCUT2D eigenvalue weighted by molar-refractivity contribution is 7.16. The molecule has 2 heterocycles. The number of hydrogen-bond acceptors (Lipinski definition) is 5. The molecule has 0 atom stereocenters. The summed E-state index contributed by atoms with van der Waals surface area (Å²) in [6.07, 6.45) is 2.57. The summed E-state index contributed by atoms with van der Waals surface area (Å²) in [4.78, 5) is 4.76. The van der Waals surface area contributed by atoms with Gasteiger partial charge in [-0.15, -0.1) is 0 Å². The average molecular weight is 257 g/mol. The normalized spacial score (nSPS) is 12.6. The molecule has 1 aromatic heterocycles. The fourth-order valence-electron chi connectivity index (χ4n) is 1.94. The van der Waals surface area contributed by atoms with Gasteiger partial charge in [-0.05, 0) is 17.2 Å². The van der Waals surface area contributed by atoms with Crippen LogP contribution in [0.3, 0.4) is 0 Å². The number of rotatable bonds is 3. The van der Waals surface area contributed by atoms with Crippen LogP contribution in [0.1, 0.15) is 16.0 Å². The minimum Gasteiger partial charge on any atom is -0.493 e. The molecule has 4 nitrogen and oxygen atoms in total. The van der Waals surface area contributed by atoms with Crippen LogP contribution < -0.4 is 10.1 Å². The number of aromatic nitrogens is 1. The number of hydrogen-bond donors (Lipinski definition) is 1. The summed E-state index contributed by atoms with van der Waals surface area (Å²) in [6.45, 7) is 1.50. The van der Waals surface area contributed by atoms with Gasteiger partial charge in [0.1, 0.15) is 16.7 Å². The van der Waals surface area contributed by atoms with Gasteiger partial charge in [0, 0.05) is 13.0 Å². The Morgan fingerprint density at radius 1 is 1.50 bits per heavy atom. The molecule has 0 fully saturated rings. The van der Waals surface area contributed by atoms with Crippen LogP contribution in [0.4, 0.5) is 5.13 Å². The summed E-state index contributed by atoms with van der Waals surface area (Å²) in [7, 11) is 0. The maximum Gasteiger partial charge on any atom is 0.184 e. The number of nitriles is 1. The Bertz CT molecular complexity index is 615. The van der Waals surface area contributed by atoms with Gasteiger partial charge in [-0.2, -0.15) is 5.26 Å². The molecule has 0 bridgehead atoms. The largest absolute Gasteiger partial charge is 0.493 e. The lowest BCUT2D eigenvalue weighted by Gasteiger charge is -2.05. The number of fused-ring (bicyclic) bond motifs is 1. The number of nitrogens with one attached hydrogen (secondary N) is 1. The van der Waals surface area contributed by atoms with Crippen LogP contribution >= 0.6 is 11.3 Å². The number of anilines is 1. The average Bonchev–Trinajstić information content (AvgIpc) is 3.04. The third-order valence-corrected chi connectivity index (χ3v) is 3.67. The van der Waals surface area contributed by atoms with Gasteiger partial charge in [0.25, 0.3) is 0 Å². The van der Waals surface area contributed by atoms with E-state index in [1.54, 1.807) is 6.20 Å². The van der Waals surface area contributed by atoms with Crippen LogP contribution in [0, 0.1) is 11.3 Å². The zero-order valence-electron chi connectivity index (χ0n) is 9.64. The second kappa shape index (κ2) is 4.67. The summed E-state index contributed by atoms with van der Waals surface area (Å²) in [5.74, 6) is 1.000. The highest BCUT2D eigenvalue weighted by Gasteiger charge is 2.11. The molecule has 2 aromatic rings. The summed E-state index contributed by atoms with van der Waals surface area (Å²) in [6, 6.07) is 8.31. The molecule has 5 heteroatoms. The minimum atomic E-state index is 0.625. The molecular weight excluding hydrogens is 246 g/mol. The standard InChI is InChI=1S/C13H11N3OS/c14-6-11-8-16-13(18-11)15-7-9-1-2-12-10(5-9)3-4-17-12/h1-2,5,8H,3-4,7H2,(H,15,16). The molecule has 1 N–H and O–H groups in total. The van der Waals surface area contributed by atoms with Gasteiger partial charge < -0.3 is 10.1 Å². The second-order valence-corrected chi connectivity index (χ2v) is 5.07. The summed E-state index contributed by atoms with van der Waals surface area (Å²) in [5.41, 5.74) is 2.47. The van der Waals surface area contributed by atoms with Crippen molar-refractivity contribution in [1.82, 2.24) is 4.98 Å². The fraction of sp³-hybridized carbons (Fsp3) is 0.231. The first-order valence-corrected chi connectivity index (χ1v) is 6.51. The van der Waals surface area contributed by atoms with Crippen molar-refractivity contribution >= 4 is 16.5 Å². The first-order chi connectivity index (χ1) is 8.85. The first-order valence-electron chi connectivity index (χ1n) is 5.69. The molecule has 0 aliphatic carbocycles. The lowest BCUT2D eigenvalue weighted by atomic mass is 10.1. The van der Waals surface area contributed by atoms with Crippen LogP contribution in [0.25, 0.3) is 0 Å². The Morgan fingerprint density at radius 2 is 2.44 bits per heavy atom. The molecule has 0 unspecified atom stereocenters. The van der Waals surface area contributed by atoms with Gasteiger partial charge in [0.05, 0.1) is 12.8 Å². The number of thiazole rings is 1. The molecule has 0 saturated carbocycles. The zero-order chi connectivity index (χ0) is 12.4. The van der Waals surface area contributed by atoms with Crippen molar-refractivity contribution in [1.29, 1.82) is 5.26 Å². The molecule has 0 spiro atoms. The molecular formula is C13H11N3OS. The Labute approximate surface area is 109 Å². The second-order valence-electron chi connectivity index (χ2n) is 4.04. The van der Waals surface area contributed by atoms with E-state index >= 15 is 0 Å². The van der Waals surface area contributed by atoms with E-state index in [0.717, 1.165) is 23.9 Å². The number of ether oxygens (including phenoxy) is 1. The summed E-state index contributed by atoms with van der Waals surface area (Å²) >= 11 is 1.37. The molecule has 18 heavy (non-hydrogen) atoms. The van der Waals surface area contributed by atoms with Gasteiger partial charge in [-0.1, -0.05) is 23.5 Å². The minimum absolute atomic E-state index is 0.625. The van der Waals surface area contributed by atoms with Crippen LogP contribution in [0.5, 0.6) is 5.75 Å². The van der Waals surface area contributed by atoms with Crippen LogP contribution in [-0.2, 0) is 13.0 Å². The van der Waals surface area contributed by atoms with E-state index in [0.29, 0.717) is 11.4 Å².